The lowest BCUT2D eigenvalue weighted by Gasteiger charge is -2.28. The van der Waals surface area contributed by atoms with Crippen LogP contribution in [0.1, 0.15) is 34.6 Å². The minimum atomic E-state index is -0.913. The summed E-state index contributed by atoms with van der Waals surface area (Å²) in [6.45, 7) is 10.2. The molecule has 8 heteroatoms. The number of rotatable bonds is 6. The van der Waals surface area contributed by atoms with E-state index in [4.69, 9.17) is 0 Å². The van der Waals surface area contributed by atoms with Crippen molar-refractivity contribution in [1.82, 2.24) is 25.1 Å². The first-order chi connectivity index (χ1) is 13.3. The number of fused-ring (bicyclic) bond motifs is 3. The second-order valence-electron chi connectivity index (χ2n) is 7.25. The van der Waals surface area contributed by atoms with Crippen LogP contribution in [0.25, 0.3) is 22.1 Å². The Morgan fingerprint density at radius 3 is 2.68 bits per heavy atom. The van der Waals surface area contributed by atoms with Gasteiger partial charge in [0.25, 0.3) is 0 Å². The largest absolute Gasteiger partial charge is 0.337 e. The highest BCUT2D eigenvalue weighted by Gasteiger charge is 2.32. The van der Waals surface area contributed by atoms with Crippen molar-refractivity contribution in [1.29, 1.82) is 5.26 Å². The van der Waals surface area contributed by atoms with Gasteiger partial charge in [-0.1, -0.05) is 43.8 Å². The summed E-state index contributed by atoms with van der Waals surface area (Å²) in [6.07, 6.45) is 0. The number of nitrogens with one attached hydrogen (secondary N) is 1. The van der Waals surface area contributed by atoms with Gasteiger partial charge in [-0.3, -0.25) is 4.79 Å². The van der Waals surface area contributed by atoms with Crippen molar-refractivity contribution in [2.75, 3.05) is 0 Å². The molecule has 3 rings (SSSR count). The molecule has 0 aliphatic carbocycles. The molecule has 0 saturated carbocycles. The highest BCUT2D eigenvalue weighted by Crippen LogP contribution is 2.28. The van der Waals surface area contributed by atoms with E-state index < -0.39 is 10.8 Å². The summed E-state index contributed by atoms with van der Waals surface area (Å²) >= 11 is 1.24. The Labute approximate surface area is 168 Å². The highest BCUT2D eigenvalue weighted by molar-refractivity contribution is 8.00. The van der Waals surface area contributed by atoms with Gasteiger partial charge in [0.05, 0.1) is 16.8 Å². The number of carbonyl (C=O) groups excluding carboxylic acids is 1. The van der Waals surface area contributed by atoms with Crippen LogP contribution in [0.2, 0.25) is 0 Å². The molecule has 0 spiro atoms. The molecule has 0 radical (unpaired) electrons. The molecular formula is C20H24N6OS. The fourth-order valence-corrected chi connectivity index (χ4v) is 3.64. The second kappa shape index (κ2) is 7.76. The molecule has 0 unspecified atom stereocenters. The van der Waals surface area contributed by atoms with Gasteiger partial charge in [0, 0.05) is 11.9 Å². The Kier molecular flexibility index (Phi) is 5.57. The Bertz CT molecular complexity index is 1070. The number of thioether (sulfide) groups is 1. The zero-order valence-corrected chi connectivity index (χ0v) is 17.5. The monoisotopic (exact) mass is 396 g/mol. The number of aromatic nitrogens is 4. The normalized spacial score (nSPS) is 14.8. The zero-order chi connectivity index (χ0) is 20.5. The third-order valence-electron chi connectivity index (χ3n) is 5.09. The number of carbonyl (C=O) groups is 1. The van der Waals surface area contributed by atoms with Crippen LogP contribution in [0.4, 0.5) is 0 Å². The first-order valence-corrected chi connectivity index (χ1v) is 10.2. The number of amides is 1. The van der Waals surface area contributed by atoms with Gasteiger partial charge in [-0.2, -0.15) is 5.26 Å². The number of nitriles is 1. The Balaban J connectivity index is 1.87. The standard InChI is InChI=1S/C20H24N6OS/c1-6-26-15-10-8-7-9-14(15)16-17(26)22-19(25-24-16)28-13(4)18(27)23-20(5,11-21)12(2)3/h7-10,12-13H,6H2,1-5H3,(H,23,27)/t13-,20-/m0/s1. The van der Waals surface area contributed by atoms with E-state index in [0.717, 1.165) is 28.6 Å². The fraction of sp³-hybridized carbons (Fsp3) is 0.450. The zero-order valence-electron chi connectivity index (χ0n) is 16.7. The maximum absolute atomic E-state index is 12.6. The average molecular weight is 397 g/mol. The SMILES string of the molecule is CCn1c2ccccc2c2nnc(S[C@@H](C)C(=O)N[C@@](C)(C#N)C(C)C)nc21. The predicted octanol–water partition coefficient (Wildman–Crippen LogP) is 3.53. The van der Waals surface area contributed by atoms with Crippen LogP contribution in [0.5, 0.6) is 0 Å². The van der Waals surface area contributed by atoms with E-state index in [1.807, 2.05) is 38.1 Å². The molecule has 0 bridgehead atoms. The number of para-hydroxylation sites is 1. The third-order valence-corrected chi connectivity index (χ3v) is 6.04. The molecule has 28 heavy (non-hydrogen) atoms. The molecule has 2 atom stereocenters. The number of nitrogens with zero attached hydrogens (tertiary/aromatic N) is 5. The predicted molar refractivity (Wildman–Crippen MR) is 111 cm³/mol. The molecule has 1 amide bonds. The first-order valence-electron chi connectivity index (χ1n) is 9.32. The van der Waals surface area contributed by atoms with Crippen LogP contribution in [-0.4, -0.2) is 36.4 Å². The molecule has 3 aromatic rings. The minimum absolute atomic E-state index is 0.00632. The van der Waals surface area contributed by atoms with Crippen molar-refractivity contribution in [3.63, 3.8) is 0 Å². The van der Waals surface area contributed by atoms with E-state index in [1.165, 1.54) is 11.8 Å². The summed E-state index contributed by atoms with van der Waals surface area (Å²) in [4.78, 5) is 17.3. The van der Waals surface area contributed by atoms with Crippen molar-refractivity contribution in [3.8, 4) is 6.07 Å². The summed E-state index contributed by atoms with van der Waals surface area (Å²) in [6, 6.07) is 10.2. The molecule has 1 N–H and O–H groups in total. The molecule has 0 saturated heterocycles. The minimum Gasteiger partial charge on any atom is -0.337 e. The van der Waals surface area contributed by atoms with Gasteiger partial charge in [0.15, 0.2) is 5.65 Å². The smallest absolute Gasteiger partial charge is 0.234 e. The lowest BCUT2D eigenvalue weighted by Crippen LogP contribution is -2.51. The van der Waals surface area contributed by atoms with Gasteiger partial charge in [-0.05, 0) is 32.8 Å². The van der Waals surface area contributed by atoms with E-state index in [-0.39, 0.29) is 11.8 Å². The molecular weight excluding hydrogens is 372 g/mol. The lowest BCUT2D eigenvalue weighted by atomic mass is 9.90. The maximum atomic E-state index is 12.6. The number of hydrogen-bond donors (Lipinski definition) is 1. The highest BCUT2D eigenvalue weighted by atomic mass is 32.2. The summed E-state index contributed by atoms with van der Waals surface area (Å²) in [5.74, 6) is -0.226. The lowest BCUT2D eigenvalue weighted by molar-refractivity contribution is -0.121. The molecule has 0 fully saturated rings. The molecule has 0 aliphatic rings. The molecule has 2 heterocycles. The van der Waals surface area contributed by atoms with Crippen LogP contribution >= 0.6 is 11.8 Å². The van der Waals surface area contributed by atoms with Crippen LogP contribution in [0, 0.1) is 17.2 Å². The van der Waals surface area contributed by atoms with Gasteiger partial charge >= 0.3 is 0 Å². The van der Waals surface area contributed by atoms with Crippen molar-refractivity contribution >= 4 is 39.7 Å². The summed E-state index contributed by atoms with van der Waals surface area (Å²) in [5.41, 5.74) is 1.67. The Morgan fingerprint density at radius 1 is 1.32 bits per heavy atom. The van der Waals surface area contributed by atoms with Crippen LogP contribution in [0.3, 0.4) is 0 Å². The maximum Gasteiger partial charge on any atom is 0.234 e. The van der Waals surface area contributed by atoms with Gasteiger partial charge < -0.3 is 9.88 Å². The topological polar surface area (TPSA) is 96.5 Å². The van der Waals surface area contributed by atoms with Gasteiger partial charge in [0.2, 0.25) is 11.1 Å². The molecule has 146 valence electrons. The Morgan fingerprint density at radius 2 is 2.04 bits per heavy atom. The third kappa shape index (κ3) is 3.54. The molecule has 1 aromatic carbocycles. The number of hydrogen-bond acceptors (Lipinski definition) is 6. The second-order valence-corrected chi connectivity index (χ2v) is 8.55. The van der Waals surface area contributed by atoms with E-state index in [1.54, 1.807) is 13.8 Å². The quantitative estimate of drug-likeness (QED) is 0.640. The molecule has 7 nitrogen and oxygen atoms in total. The van der Waals surface area contributed by atoms with Crippen LogP contribution in [-0.2, 0) is 11.3 Å². The van der Waals surface area contributed by atoms with Crippen molar-refractivity contribution in [3.05, 3.63) is 24.3 Å². The van der Waals surface area contributed by atoms with Crippen LogP contribution in [0.15, 0.2) is 29.4 Å². The molecule has 2 aromatic heterocycles. The summed E-state index contributed by atoms with van der Waals surface area (Å²) in [7, 11) is 0. The Hall–Kier alpha value is -2.66. The van der Waals surface area contributed by atoms with E-state index in [9.17, 15) is 10.1 Å². The van der Waals surface area contributed by atoms with Crippen molar-refractivity contribution < 1.29 is 4.79 Å². The molecule has 0 aliphatic heterocycles. The summed E-state index contributed by atoms with van der Waals surface area (Å²) < 4.78 is 2.10. The number of aryl methyl sites for hydroxylation is 1. The fourth-order valence-electron chi connectivity index (χ4n) is 2.93. The van der Waals surface area contributed by atoms with E-state index in [0.29, 0.717) is 5.16 Å². The van der Waals surface area contributed by atoms with Crippen molar-refractivity contribution in [2.45, 2.75) is 57.1 Å². The van der Waals surface area contributed by atoms with Crippen molar-refractivity contribution in [2.24, 2.45) is 5.92 Å². The average Bonchev–Trinajstić information content (AvgIpc) is 3.00. The van der Waals surface area contributed by atoms with Gasteiger partial charge in [-0.15, -0.1) is 10.2 Å². The first kappa shape index (κ1) is 20.1. The van der Waals surface area contributed by atoms with Gasteiger partial charge in [0.1, 0.15) is 11.1 Å². The van der Waals surface area contributed by atoms with E-state index >= 15 is 0 Å². The van der Waals surface area contributed by atoms with E-state index in [2.05, 4.69) is 38.1 Å². The van der Waals surface area contributed by atoms with Crippen LogP contribution < -0.4 is 5.32 Å². The number of benzene rings is 1. The summed E-state index contributed by atoms with van der Waals surface area (Å²) in [5, 5.41) is 21.9. The van der Waals surface area contributed by atoms with Gasteiger partial charge in [-0.25, -0.2) is 4.98 Å².